The minimum absolute atomic E-state index is 0.0792. The highest BCUT2D eigenvalue weighted by Crippen LogP contribution is 2.33. The summed E-state index contributed by atoms with van der Waals surface area (Å²) >= 11 is 0. The van der Waals surface area contributed by atoms with Crippen LogP contribution < -0.4 is 0 Å². The van der Waals surface area contributed by atoms with E-state index in [1.54, 1.807) is 0 Å². The van der Waals surface area contributed by atoms with Gasteiger partial charge in [0.25, 0.3) is 0 Å². The summed E-state index contributed by atoms with van der Waals surface area (Å²) in [6.07, 6.45) is -4.28. The second kappa shape index (κ2) is 3.52. The fourth-order valence-corrected chi connectivity index (χ4v) is 1.24. The highest BCUT2D eigenvalue weighted by atomic mass is 19.2. The normalized spacial score (nSPS) is 30.9. The van der Waals surface area contributed by atoms with Crippen LogP contribution in [-0.4, -0.2) is 12.3 Å². The Morgan fingerprint density at radius 3 is 2.15 bits per heavy atom. The van der Waals surface area contributed by atoms with E-state index in [4.69, 9.17) is 0 Å². The molecule has 0 aromatic carbocycles. The van der Waals surface area contributed by atoms with Crippen LogP contribution in [0.4, 0.5) is 17.6 Å². The molecule has 0 aromatic rings. The van der Waals surface area contributed by atoms with Gasteiger partial charge in [0.1, 0.15) is 6.17 Å². The van der Waals surface area contributed by atoms with E-state index in [2.05, 4.69) is 0 Å². The molecule has 0 spiro atoms. The first-order chi connectivity index (χ1) is 5.95. The maximum absolute atomic E-state index is 13.0. The Morgan fingerprint density at radius 1 is 1.08 bits per heavy atom. The summed E-state index contributed by atoms with van der Waals surface area (Å²) in [7, 11) is 0. The zero-order valence-electron chi connectivity index (χ0n) is 7.37. The molecule has 0 fully saturated rings. The third-order valence-corrected chi connectivity index (χ3v) is 2.15. The molecule has 0 saturated heterocycles. The van der Waals surface area contributed by atoms with Crippen LogP contribution in [0.1, 0.15) is 20.3 Å². The van der Waals surface area contributed by atoms with Crippen molar-refractivity contribution in [2.45, 2.75) is 32.6 Å². The van der Waals surface area contributed by atoms with Gasteiger partial charge in [-0.05, 0) is 19.4 Å². The highest BCUT2D eigenvalue weighted by Gasteiger charge is 2.30. The van der Waals surface area contributed by atoms with Gasteiger partial charge in [0.2, 0.25) is 0 Å². The zero-order chi connectivity index (χ0) is 10.2. The monoisotopic (exact) mass is 194 g/mol. The van der Waals surface area contributed by atoms with Crippen molar-refractivity contribution in [3.63, 3.8) is 0 Å². The van der Waals surface area contributed by atoms with Crippen molar-refractivity contribution in [3.8, 4) is 0 Å². The Hall–Kier alpha value is -0.800. The maximum atomic E-state index is 13.0. The molecule has 0 nitrogen and oxygen atoms in total. The summed E-state index contributed by atoms with van der Waals surface area (Å²) in [6, 6.07) is 0. The van der Waals surface area contributed by atoms with Crippen molar-refractivity contribution in [1.82, 2.24) is 0 Å². The van der Waals surface area contributed by atoms with Gasteiger partial charge in [-0.3, -0.25) is 0 Å². The number of hydrogen-bond donors (Lipinski definition) is 0. The quantitative estimate of drug-likeness (QED) is 0.517. The minimum atomic E-state index is -2.04. The maximum Gasteiger partial charge on any atom is 0.160 e. The number of allylic oxidation sites excluding steroid dienone is 4. The van der Waals surface area contributed by atoms with Crippen molar-refractivity contribution >= 4 is 0 Å². The summed E-state index contributed by atoms with van der Waals surface area (Å²) in [4.78, 5) is 0. The lowest BCUT2D eigenvalue weighted by molar-refractivity contribution is 0.194. The van der Waals surface area contributed by atoms with Crippen LogP contribution in [0.15, 0.2) is 22.8 Å². The SMILES string of the molecule is CC1=C(F)C(F)=C(C)C(F)C(F)C1. The second-order valence-corrected chi connectivity index (χ2v) is 3.21. The van der Waals surface area contributed by atoms with E-state index in [9.17, 15) is 17.6 Å². The summed E-state index contributed by atoms with van der Waals surface area (Å²) in [6.45, 7) is 2.32. The number of alkyl halides is 2. The van der Waals surface area contributed by atoms with Gasteiger partial charge in [0, 0.05) is 12.0 Å². The van der Waals surface area contributed by atoms with Gasteiger partial charge in [0.05, 0.1) is 0 Å². The van der Waals surface area contributed by atoms with Crippen molar-refractivity contribution in [2.75, 3.05) is 0 Å². The molecular weight excluding hydrogens is 184 g/mol. The van der Waals surface area contributed by atoms with Gasteiger partial charge in [0.15, 0.2) is 17.8 Å². The molecule has 0 N–H and O–H groups in total. The van der Waals surface area contributed by atoms with E-state index in [0.29, 0.717) is 0 Å². The molecule has 13 heavy (non-hydrogen) atoms. The summed E-state index contributed by atoms with van der Waals surface area (Å²) in [5.41, 5.74) is -0.577. The van der Waals surface area contributed by atoms with E-state index in [1.807, 2.05) is 0 Å². The lowest BCUT2D eigenvalue weighted by Gasteiger charge is -2.10. The molecule has 2 atom stereocenters. The number of rotatable bonds is 0. The van der Waals surface area contributed by atoms with Gasteiger partial charge in [-0.15, -0.1) is 0 Å². The van der Waals surface area contributed by atoms with E-state index < -0.39 is 36.0 Å². The molecule has 0 radical (unpaired) electrons. The topological polar surface area (TPSA) is 0 Å². The molecule has 4 heteroatoms. The van der Waals surface area contributed by atoms with Gasteiger partial charge >= 0.3 is 0 Å². The first-order valence-electron chi connectivity index (χ1n) is 3.95. The Kier molecular flexibility index (Phi) is 2.78. The molecule has 2 unspecified atom stereocenters. The third kappa shape index (κ3) is 1.76. The van der Waals surface area contributed by atoms with Crippen molar-refractivity contribution in [2.24, 2.45) is 0 Å². The number of halogens is 4. The lowest BCUT2D eigenvalue weighted by atomic mass is 10.1. The Balaban J connectivity index is 3.16. The average Bonchev–Trinajstić information content (AvgIpc) is 2.15. The van der Waals surface area contributed by atoms with Crippen molar-refractivity contribution in [1.29, 1.82) is 0 Å². The van der Waals surface area contributed by atoms with Crippen LogP contribution in [0, 0.1) is 0 Å². The standard InChI is InChI=1S/C9H10F4/c1-4-3-6(10)8(12)5(2)9(13)7(4)11/h6,8H,3H2,1-2H3. The van der Waals surface area contributed by atoms with Gasteiger partial charge in [-0.2, -0.15) is 0 Å². The molecule has 0 aromatic heterocycles. The molecule has 0 saturated carbocycles. The largest absolute Gasteiger partial charge is 0.244 e. The van der Waals surface area contributed by atoms with Gasteiger partial charge in [-0.1, -0.05) is 0 Å². The smallest absolute Gasteiger partial charge is 0.160 e. The highest BCUT2D eigenvalue weighted by molar-refractivity contribution is 5.33. The van der Waals surface area contributed by atoms with E-state index in [1.165, 1.54) is 6.92 Å². The van der Waals surface area contributed by atoms with E-state index >= 15 is 0 Å². The molecule has 0 amide bonds. The predicted molar refractivity (Wildman–Crippen MR) is 42.0 cm³/mol. The third-order valence-electron chi connectivity index (χ3n) is 2.15. The number of hydrogen-bond acceptors (Lipinski definition) is 0. The fourth-order valence-electron chi connectivity index (χ4n) is 1.24. The Bertz CT molecular complexity index is 277. The van der Waals surface area contributed by atoms with Crippen LogP contribution >= 0.6 is 0 Å². The summed E-state index contributed by atoms with van der Waals surface area (Å²) in [5, 5.41) is 0. The Morgan fingerprint density at radius 2 is 1.62 bits per heavy atom. The molecule has 0 aliphatic heterocycles. The van der Waals surface area contributed by atoms with Crippen molar-refractivity contribution < 1.29 is 17.6 Å². The molecule has 74 valence electrons. The van der Waals surface area contributed by atoms with Crippen LogP contribution in [0.3, 0.4) is 0 Å². The van der Waals surface area contributed by atoms with Crippen LogP contribution in [-0.2, 0) is 0 Å². The van der Waals surface area contributed by atoms with Gasteiger partial charge < -0.3 is 0 Å². The zero-order valence-corrected chi connectivity index (χ0v) is 7.37. The molecular formula is C9H10F4. The fraction of sp³-hybridized carbons (Fsp3) is 0.556. The average molecular weight is 194 g/mol. The second-order valence-electron chi connectivity index (χ2n) is 3.21. The molecule has 1 aliphatic carbocycles. The van der Waals surface area contributed by atoms with Crippen LogP contribution in [0.25, 0.3) is 0 Å². The van der Waals surface area contributed by atoms with Gasteiger partial charge in [-0.25, -0.2) is 17.6 Å². The van der Waals surface area contributed by atoms with Crippen LogP contribution in [0.2, 0.25) is 0 Å². The molecule has 1 aliphatic rings. The summed E-state index contributed by atoms with van der Waals surface area (Å²) in [5.74, 6) is -2.38. The van der Waals surface area contributed by atoms with Crippen molar-refractivity contribution in [3.05, 3.63) is 22.8 Å². The summed E-state index contributed by atoms with van der Waals surface area (Å²) < 4.78 is 51.8. The Labute approximate surface area is 73.9 Å². The predicted octanol–water partition coefficient (Wildman–Crippen LogP) is 3.55. The first kappa shape index (κ1) is 10.3. The van der Waals surface area contributed by atoms with E-state index in [0.717, 1.165) is 6.92 Å². The first-order valence-corrected chi connectivity index (χ1v) is 3.95. The minimum Gasteiger partial charge on any atom is -0.244 e. The van der Waals surface area contributed by atoms with E-state index in [-0.39, 0.29) is 5.57 Å². The molecule has 0 heterocycles. The van der Waals surface area contributed by atoms with Crippen LogP contribution in [0.5, 0.6) is 0 Å². The lowest BCUT2D eigenvalue weighted by Crippen LogP contribution is -2.17. The molecule has 0 bridgehead atoms. The molecule has 1 rings (SSSR count).